The number of halogens is 3. The van der Waals surface area contributed by atoms with Crippen LogP contribution >= 0.6 is 0 Å². The number of aromatic nitrogens is 5. The Morgan fingerprint density at radius 2 is 1.74 bits per heavy atom. The Kier molecular flexibility index (Phi) is 8.93. The first-order chi connectivity index (χ1) is 25.7. The molecule has 8 rings (SSSR count). The number of likely N-dealkylation sites (tertiary alicyclic amines) is 2. The lowest BCUT2D eigenvalue weighted by atomic mass is 9.68. The van der Waals surface area contributed by atoms with Gasteiger partial charge >= 0.3 is 6.09 Å². The van der Waals surface area contributed by atoms with Crippen molar-refractivity contribution in [2.24, 2.45) is 5.41 Å². The van der Waals surface area contributed by atoms with Gasteiger partial charge in [-0.1, -0.05) is 12.1 Å². The molecule has 1 saturated carbocycles. The number of carbonyl (C=O) groups is 2. The zero-order valence-corrected chi connectivity index (χ0v) is 30.9. The molecule has 54 heavy (non-hydrogen) atoms. The normalized spacial score (nSPS) is 22.0. The highest BCUT2D eigenvalue weighted by Crippen LogP contribution is 2.51. The molecule has 3 aliphatic heterocycles. The number of nitrogens with zero attached hydrogens (tertiary/aromatic N) is 8. The summed E-state index contributed by atoms with van der Waals surface area (Å²) < 4.78 is 52.1. The molecule has 6 heterocycles. The summed E-state index contributed by atoms with van der Waals surface area (Å²) in [5, 5.41) is 10.7. The highest BCUT2D eigenvalue weighted by molar-refractivity contribution is 5.94. The van der Waals surface area contributed by atoms with Crippen molar-refractivity contribution in [2.45, 2.75) is 83.2 Å². The third kappa shape index (κ3) is 6.69. The number of rotatable bonds is 7. The maximum atomic E-state index is 15.8. The molecular formula is C38H45F3N10O3. The van der Waals surface area contributed by atoms with Crippen molar-refractivity contribution in [3.05, 3.63) is 59.7 Å². The summed E-state index contributed by atoms with van der Waals surface area (Å²) in [6.07, 6.45) is 5.23. The van der Waals surface area contributed by atoms with Crippen molar-refractivity contribution in [1.82, 2.24) is 39.7 Å². The van der Waals surface area contributed by atoms with Gasteiger partial charge in [-0.3, -0.25) is 9.69 Å². The van der Waals surface area contributed by atoms with E-state index in [1.165, 1.54) is 10.7 Å². The van der Waals surface area contributed by atoms with Gasteiger partial charge in [0.1, 0.15) is 11.8 Å². The Morgan fingerprint density at radius 3 is 2.41 bits per heavy atom. The average molecular weight is 747 g/mol. The summed E-state index contributed by atoms with van der Waals surface area (Å²) in [5.41, 5.74) is 3.21. The summed E-state index contributed by atoms with van der Waals surface area (Å²) >= 11 is 0. The summed E-state index contributed by atoms with van der Waals surface area (Å²) in [5.74, 6) is -2.19. The van der Waals surface area contributed by atoms with Crippen LogP contribution in [0, 0.1) is 5.41 Å². The number of imidazole rings is 1. The van der Waals surface area contributed by atoms with Crippen molar-refractivity contribution < 1.29 is 27.5 Å². The first-order valence-electron chi connectivity index (χ1n) is 18.5. The molecule has 0 unspecified atom stereocenters. The van der Waals surface area contributed by atoms with Gasteiger partial charge in [0.15, 0.2) is 23.0 Å². The van der Waals surface area contributed by atoms with E-state index in [1.807, 2.05) is 24.3 Å². The number of ether oxygens (including phenoxy) is 1. The zero-order valence-electron chi connectivity index (χ0n) is 30.9. The Morgan fingerprint density at radius 1 is 1.02 bits per heavy atom. The van der Waals surface area contributed by atoms with Crippen molar-refractivity contribution >= 4 is 34.8 Å². The van der Waals surface area contributed by atoms with Crippen LogP contribution in [0.25, 0.3) is 17.0 Å². The van der Waals surface area contributed by atoms with Crippen molar-refractivity contribution in [3.63, 3.8) is 0 Å². The molecular weight excluding hydrogens is 701 g/mol. The molecule has 16 heteroatoms. The molecule has 0 radical (unpaired) electrons. The molecule has 1 spiro atoms. The standard InChI is InChI=1S/C38H45F3N10O3/c1-36(2,3)54-35(53)49-14-10-37(11-15-49)9-13-48(22-38(37,40)41)21-23-18-43-32(44-19-23)25-6-5-7-29-24(25)8-12-50(29)31-17-28(42-4)33-45-20-30(51(33)47-31)34(52)46-27-16-26(27)39/h5-7,17-20,26-27,42H,8-16,21-22H2,1-4H3,(H,46,52)/t26-,27+/m0/s1. The van der Waals surface area contributed by atoms with E-state index in [0.717, 1.165) is 22.4 Å². The van der Waals surface area contributed by atoms with Gasteiger partial charge in [0, 0.05) is 80.3 Å². The predicted molar refractivity (Wildman–Crippen MR) is 196 cm³/mol. The summed E-state index contributed by atoms with van der Waals surface area (Å²) in [4.78, 5) is 44.6. The van der Waals surface area contributed by atoms with Gasteiger partial charge in [0.25, 0.3) is 11.8 Å². The van der Waals surface area contributed by atoms with Crippen LogP contribution < -0.4 is 15.5 Å². The Labute approximate surface area is 311 Å². The highest BCUT2D eigenvalue weighted by Gasteiger charge is 2.57. The molecule has 2 amide bonds. The number of amides is 2. The van der Waals surface area contributed by atoms with Gasteiger partial charge in [0.2, 0.25) is 0 Å². The fourth-order valence-electron chi connectivity index (χ4n) is 7.97. The lowest BCUT2D eigenvalue weighted by Crippen LogP contribution is -2.59. The Hall–Kier alpha value is -4.99. The minimum absolute atomic E-state index is 0.220. The lowest BCUT2D eigenvalue weighted by Gasteiger charge is -2.51. The molecule has 0 bridgehead atoms. The highest BCUT2D eigenvalue weighted by atomic mass is 19.3. The lowest BCUT2D eigenvalue weighted by molar-refractivity contribution is -0.187. The molecule has 2 N–H and O–H groups in total. The van der Waals surface area contributed by atoms with Crippen molar-refractivity contribution in [3.8, 4) is 11.4 Å². The molecule has 4 aromatic rings. The molecule has 13 nitrogen and oxygen atoms in total. The average Bonchev–Trinajstić information content (AvgIpc) is 3.47. The van der Waals surface area contributed by atoms with E-state index < -0.39 is 41.2 Å². The van der Waals surface area contributed by atoms with Crippen LogP contribution in [0.4, 0.5) is 35.2 Å². The van der Waals surface area contributed by atoms with E-state index in [-0.39, 0.29) is 38.2 Å². The van der Waals surface area contributed by atoms with Crippen LogP contribution in [0.2, 0.25) is 0 Å². The molecule has 3 fully saturated rings. The third-order valence-corrected chi connectivity index (χ3v) is 11.1. The van der Waals surface area contributed by atoms with Crippen LogP contribution in [0.3, 0.4) is 0 Å². The van der Waals surface area contributed by atoms with Gasteiger partial charge in [-0.25, -0.2) is 37.4 Å². The first kappa shape index (κ1) is 36.0. The molecule has 3 aromatic heterocycles. The number of fused-ring (bicyclic) bond motifs is 2. The zero-order chi connectivity index (χ0) is 38.0. The maximum absolute atomic E-state index is 15.8. The third-order valence-electron chi connectivity index (χ3n) is 11.1. The summed E-state index contributed by atoms with van der Waals surface area (Å²) in [6, 6.07) is 7.31. The number of piperidine rings is 2. The fraction of sp³-hybridized carbons (Fsp3) is 0.526. The molecule has 2 atom stereocenters. The first-order valence-corrected chi connectivity index (χ1v) is 18.5. The van der Waals surface area contributed by atoms with Gasteiger partial charge in [0.05, 0.1) is 24.5 Å². The number of carbonyl (C=O) groups excluding carboxylic acids is 2. The van der Waals surface area contributed by atoms with E-state index >= 15 is 8.78 Å². The van der Waals surface area contributed by atoms with Crippen molar-refractivity contribution in [1.29, 1.82) is 0 Å². The van der Waals surface area contributed by atoms with E-state index in [0.29, 0.717) is 61.9 Å². The summed E-state index contributed by atoms with van der Waals surface area (Å²) in [7, 11) is 1.77. The number of nitrogens with one attached hydrogen (secondary N) is 2. The smallest absolute Gasteiger partial charge is 0.410 e. The van der Waals surface area contributed by atoms with Crippen LogP contribution in [-0.2, 0) is 17.7 Å². The monoisotopic (exact) mass is 746 g/mol. The number of hydrogen-bond acceptors (Lipinski definition) is 10. The second-order valence-electron chi connectivity index (χ2n) is 15.9. The van der Waals surface area contributed by atoms with E-state index in [2.05, 4.69) is 30.5 Å². The van der Waals surface area contributed by atoms with Gasteiger partial charge < -0.3 is 25.2 Å². The van der Waals surface area contributed by atoms with Crippen LogP contribution in [0.5, 0.6) is 0 Å². The molecule has 1 aliphatic carbocycles. The van der Waals surface area contributed by atoms with E-state index in [1.54, 1.807) is 50.0 Å². The topological polar surface area (TPSA) is 133 Å². The quantitative estimate of drug-likeness (QED) is 0.246. The van der Waals surface area contributed by atoms with Gasteiger partial charge in [-0.05, 0) is 64.6 Å². The van der Waals surface area contributed by atoms with Crippen LogP contribution in [0.15, 0.2) is 42.9 Å². The minimum atomic E-state index is -2.91. The molecule has 2 saturated heterocycles. The number of benzene rings is 1. The van der Waals surface area contributed by atoms with Gasteiger partial charge in [-0.2, -0.15) is 0 Å². The Bertz CT molecular complexity index is 2080. The van der Waals surface area contributed by atoms with Crippen LogP contribution in [-0.4, -0.2) is 110 Å². The van der Waals surface area contributed by atoms with Crippen LogP contribution in [0.1, 0.15) is 68.1 Å². The second kappa shape index (κ2) is 13.4. The van der Waals surface area contributed by atoms with Crippen molar-refractivity contribution in [2.75, 3.05) is 50.0 Å². The molecule has 4 aliphatic rings. The largest absolute Gasteiger partial charge is 0.444 e. The number of alkyl halides is 3. The fourth-order valence-corrected chi connectivity index (χ4v) is 7.97. The molecule has 1 aromatic carbocycles. The minimum Gasteiger partial charge on any atom is -0.444 e. The SMILES string of the molecule is CNc1cc(N2CCc3c(-c4ncc(CN5CCC6(CCN(C(=O)OC(C)(C)C)CC6)C(F)(F)C5)cn4)cccc32)nn2c(C(=O)N[C@@H]3C[C@@H]3F)cnc12. The summed E-state index contributed by atoms with van der Waals surface area (Å²) in [6.45, 7) is 7.00. The Balaban J connectivity index is 0.946. The maximum Gasteiger partial charge on any atom is 0.410 e. The van der Waals surface area contributed by atoms with E-state index in [9.17, 15) is 14.0 Å². The second-order valence-corrected chi connectivity index (χ2v) is 15.9. The molecule has 286 valence electrons. The van der Waals surface area contributed by atoms with E-state index in [4.69, 9.17) is 9.84 Å². The predicted octanol–water partition coefficient (Wildman–Crippen LogP) is 5.62. The number of hydrogen-bond donors (Lipinski definition) is 2. The number of anilines is 3. The van der Waals surface area contributed by atoms with Gasteiger partial charge in [-0.15, -0.1) is 5.10 Å².